The monoisotopic (exact) mass is 592 g/mol. The fraction of sp³-hybridized carbons (Fsp3) is 0.500. The number of pyridine rings is 1. The lowest BCUT2D eigenvalue weighted by molar-refractivity contribution is -0.139. The van der Waals surface area contributed by atoms with E-state index < -0.39 is 0 Å². The molecule has 3 aliphatic rings. The highest BCUT2D eigenvalue weighted by Crippen LogP contribution is 2.46. The van der Waals surface area contributed by atoms with Gasteiger partial charge in [0, 0.05) is 57.9 Å². The van der Waals surface area contributed by atoms with Gasteiger partial charge >= 0.3 is 0 Å². The van der Waals surface area contributed by atoms with Crippen LogP contribution in [0.4, 0.5) is 0 Å². The highest BCUT2D eigenvalue weighted by molar-refractivity contribution is 9.10. The maximum atomic E-state index is 13.1. The fourth-order valence-electron chi connectivity index (χ4n) is 5.93. The minimum absolute atomic E-state index is 0.0221. The molecule has 0 spiro atoms. The number of Topliss-reactive ketones (excluding diaryl/α,β-unsaturated/α-hetero) is 1. The number of rotatable bonds is 2. The number of nitrogens with zero attached hydrogens (tertiary/aromatic N) is 2. The van der Waals surface area contributed by atoms with Crippen LogP contribution in [0, 0.1) is 11.8 Å². The van der Waals surface area contributed by atoms with E-state index in [2.05, 4.69) is 44.0 Å². The lowest BCUT2D eigenvalue weighted by atomic mass is 9.76. The van der Waals surface area contributed by atoms with Gasteiger partial charge in [-0.1, -0.05) is 27.5 Å². The first-order valence-corrected chi connectivity index (χ1v) is 13.8. The van der Waals surface area contributed by atoms with Gasteiger partial charge in [-0.25, -0.2) is 0 Å². The van der Waals surface area contributed by atoms with E-state index in [0.717, 1.165) is 58.4 Å². The summed E-state index contributed by atoms with van der Waals surface area (Å²) in [5, 5.41) is 0.755. The molecule has 2 fully saturated rings. The number of aryl methyl sites for hydroxylation is 2. The largest absolute Gasteiger partial charge is 0.342 e. The van der Waals surface area contributed by atoms with Crippen LogP contribution in [0.1, 0.15) is 66.8 Å². The number of piperidine rings is 1. The van der Waals surface area contributed by atoms with Crippen LogP contribution in [0.2, 0.25) is 5.02 Å². The molecule has 0 radical (unpaired) electrons. The number of ketones is 1. The molecule has 2 aliphatic carbocycles. The van der Waals surface area contributed by atoms with Crippen LogP contribution in [-0.4, -0.2) is 34.7 Å². The van der Waals surface area contributed by atoms with Crippen LogP contribution in [0.25, 0.3) is 0 Å². The molecule has 1 aromatic carbocycles. The number of fused-ring (bicyclic) bond motifs is 2. The van der Waals surface area contributed by atoms with Gasteiger partial charge in [0.05, 0.1) is 5.69 Å². The van der Waals surface area contributed by atoms with Crippen LogP contribution in [0.3, 0.4) is 0 Å². The summed E-state index contributed by atoms with van der Waals surface area (Å²) in [5.74, 6) is 1.16. The van der Waals surface area contributed by atoms with Crippen molar-refractivity contribution in [2.45, 2.75) is 57.3 Å². The third-order valence-corrected chi connectivity index (χ3v) is 8.94. The SMILES string of the molecule is O=C1CCC(C(=O)N2CCC([C@H]3c4ncc(Br)cc4CCc4cc(Cl)cc(Br)c43)CC2)CC1. The van der Waals surface area contributed by atoms with Crippen molar-refractivity contribution in [2.75, 3.05) is 13.1 Å². The van der Waals surface area contributed by atoms with Gasteiger partial charge in [-0.2, -0.15) is 0 Å². The first-order valence-electron chi connectivity index (χ1n) is 11.8. The molecule has 33 heavy (non-hydrogen) atoms. The molecule has 2 heterocycles. The van der Waals surface area contributed by atoms with Crippen molar-refractivity contribution in [3.05, 3.63) is 60.7 Å². The summed E-state index contributed by atoms with van der Waals surface area (Å²) in [6.07, 6.45) is 8.23. The second-order valence-electron chi connectivity index (χ2n) is 9.61. The van der Waals surface area contributed by atoms with E-state index in [4.69, 9.17) is 16.6 Å². The topological polar surface area (TPSA) is 50.3 Å². The molecule has 0 unspecified atom stereocenters. The number of hydrogen-bond donors (Lipinski definition) is 0. The Balaban J connectivity index is 1.41. The van der Waals surface area contributed by atoms with Crippen molar-refractivity contribution in [1.29, 1.82) is 0 Å². The van der Waals surface area contributed by atoms with Gasteiger partial charge in [0.15, 0.2) is 0 Å². The molecule has 4 nitrogen and oxygen atoms in total. The average Bonchev–Trinajstić information content (AvgIpc) is 2.96. The lowest BCUT2D eigenvalue weighted by Crippen LogP contribution is -2.43. The van der Waals surface area contributed by atoms with E-state index >= 15 is 0 Å². The Kier molecular flexibility index (Phi) is 6.97. The minimum Gasteiger partial charge on any atom is -0.342 e. The van der Waals surface area contributed by atoms with Gasteiger partial charge in [0.2, 0.25) is 5.91 Å². The highest BCUT2D eigenvalue weighted by Gasteiger charge is 2.37. The molecular weight excluding hydrogens is 568 g/mol. The predicted molar refractivity (Wildman–Crippen MR) is 137 cm³/mol. The van der Waals surface area contributed by atoms with Gasteiger partial charge in [-0.15, -0.1) is 0 Å². The number of carbonyl (C=O) groups excluding carboxylic acids is 2. The molecule has 1 amide bonds. The number of halogens is 3. The predicted octanol–water partition coefficient (Wildman–Crippen LogP) is 6.49. The number of carbonyl (C=O) groups is 2. The second kappa shape index (κ2) is 9.79. The minimum atomic E-state index is 0.0221. The van der Waals surface area contributed by atoms with E-state index in [1.807, 2.05) is 17.2 Å². The molecule has 5 rings (SSSR count). The molecule has 1 atom stereocenters. The van der Waals surface area contributed by atoms with Crippen LogP contribution in [-0.2, 0) is 22.4 Å². The van der Waals surface area contributed by atoms with E-state index in [-0.39, 0.29) is 17.7 Å². The first kappa shape index (κ1) is 23.5. The van der Waals surface area contributed by atoms with Crippen molar-refractivity contribution in [2.24, 2.45) is 11.8 Å². The summed E-state index contributed by atoms with van der Waals surface area (Å²) >= 11 is 13.8. The van der Waals surface area contributed by atoms with Gasteiger partial charge in [0.25, 0.3) is 0 Å². The molecule has 1 saturated heterocycles. The molecular formula is C26H27Br2ClN2O2. The van der Waals surface area contributed by atoms with Gasteiger partial charge < -0.3 is 4.90 Å². The van der Waals surface area contributed by atoms with Gasteiger partial charge in [-0.3, -0.25) is 14.6 Å². The van der Waals surface area contributed by atoms with Crippen LogP contribution < -0.4 is 0 Å². The zero-order valence-electron chi connectivity index (χ0n) is 18.5. The molecule has 2 aromatic rings. The molecule has 1 aliphatic heterocycles. The molecule has 0 bridgehead atoms. The first-order chi connectivity index (χ1) is 15.9. The lowest BCUT2D eigenvalue weighted by Gasteiger charge is -2.38. The number of likely N-dealkylation sites (tertiary alicyclic amines) is 1. The Hall–Kier alpha value is -1.24. The smallest absolute Gasteiger partial charge is 0.225 e. The normalized spacial score (nSPS) is 22.0. The highest BCUT2D eigenvalue weighted by atomic mass is 79.9. The van der Waals surface area contributed by atoms with Crippen molar-refractivity contribution < 1.29 is 9.59 Å². The van der Waals surface area contributed by atoms with Gasteiger partial charge in [0.1, 0.15) is 5.78 Å². The average molecular weight is 595 g/mol. The molecule has 0 N–H and O–H groups in total. The zero-order chi connectivity index (χ0) is 23.1. The third kappa shape index (κ3) is 4.81. The maximum absolute atomic E-state index is 13.1. The number of amides is 1. The Morgan fingerprint density at radius 3 is 2.39 bits per heavy atom. The molecule has 1 aromatic heterocycles. The van der Waals surface area contributed by atoms with E-state index in [9.17, 15) is 9.59 Å². The summed E-state index contributed by atoms with van der Waals surface area (Å²) in [4.78, 5) is 31.6. The molecule has 7 heteroatoms. The van der Waals surface area contributed by atoms with Crippen LogP contribution in [0.15, 0.2) is 33.3 Å². The second-order valence-corrected chi connectivity index (χ2v) is 11.8. The Labute approximate surface area is 216 Å². The quantitative estimate of drug-likeness (QED) is 0.400. The van der Waals surface area contributed by atoms with Crippen molar-refractivity contribution in [3.63, 3.8) is 0 Å². The summed E-state index contributed by atoms with van der Waals surface area (Å²) in [5.41, 5.74) is 5.05. The van der Waals surface area contributed by atoms with Crippen molar-refractivity contribution in [1.82, 2.24) is 9.88 Å². The Morgan fingerprint density at radius 1 is 0.970 bits per heavy atom. The number of benzene rings is 1. The van der Waals surface area contributed by atoms with Crippen molar-refractivity contribution >= 4 is 55.2 Å². The third-order valence-electron chi connectivity index (χ3n) is 7.63. The Morgan fingerprint density at radius 2 is 1.67 bits per heavy atom. The van der Waals surface area contributed by atoms with E-state index in [1.54, 1.807) is 0 Å². The summed E-state index contributed by atoms with van der Waals surface area (Å²) in [6.45, 7) is 1.55. The van der Waals surface area contributed by atoms with E-state index in [1.165, 1.54) is 16.7 Å². The van der Waals surface area contributed by atoms with Crippen molar-refractivity contribution in [3.8, 4) is 0 Å². The van der Waals surface area contributed by atoms with Crippen LogP contribution >= 0.6 is 43.5 Å². The van der Waals surface area contributed by atoms with Gasteiger partial charge in [-0.05, 0) is 95.3 Å². The Bertz CT molecular complexity index is 1090. The standard InChI is InChI=1S/C26H27Br2ClN2O2/c27-19-11-18-2-1-17-12-20(29)13-22(28)23(17)24(25(18)30-14-19)15-7-9-31(10-8-15)26(33)16-3-5-21(32)6-4-16/h11-16,24H,1-10H2/t24-/m1/s1. The summed E-state index contributed by atoms with van der Waals surface area (Å²) < 4.78 is 2.06. The van der Waals surface area contributed by atoms with E-state index in [0.29, 0.717) is 37.4 Å². The maximum Gasteiger partial charge on any atom is 0.225 e. The fourth-order valence-corrected chi connectivity index (χ4v) is 7.43. The molecule has 174 valence electrons. The number of aromatic nitrogens is 1. The van der Waals surface area contributed by atoms with Crippen LogP contribution in [0.5, 0.6) is 0 Å². The zero-order valence-corrected chi connectivity index (χ0v) is 22.4. The summed E-state index contributed by atoms with van der Waals surface area (Å²) in [7, 11) is 0. The summed E-state index contributed by atoms with van der Waals surface area (Å²) in [6, 6.07) is 6.32. The molecule has 1 saturated carbocycles. The number of hydrogen-bond acceptors (Lipinski definition) is 3.